The number of nitrogens with one attached hydrogen (secondary N) is 1. The highest BCUT2D eigenvalue weighted by molar-refractivity contribution is 5.22. The maximum absolute atomic E-state index is 9.79. The van der Waals surface area contributed by atoms with Crippen molar-refractivity contribution >= 4 is 0 Å². The Balaban J connectivity index is 1.75. The maximum atomic E-state index is 9.79. The molecule has 3 rings (SSSR count). The Hall–Kier alpha value is -0.910. The van der Waals surface area contributed by atoms with Gasteiger partial charge in [-0.25, -0.2) is 0 Å². The lowest BCUT2D eigenvalue weighted by Gasteiger charge is -2.16. The normalized spacial score (nSPS) is 29.3. The summed E-state index contributed by atoms with van der Waals surface area (Å²) < 4.78 is 7.49. The fourth-order valence-electron chi connectivity index (χ4n) is 2.42. The third-order valence-electron chi connectivity index (χ3n) is 3.27. The van der Waals surface area contributed by atoms with Crippen LogP contribution in [0.15, 0.2) is 6.20 Å². The summed E-state index contributed by atoms with van der Waals surface area (Å²) in [7, 11) is 0. The van der Waals surface area contributed by atoms with Gasteiger partial charge < -0.3 is 15.2 Å². The molecule has 5 nitrogen and oxygen atoms in total. The van der Waals surface area contributed by atoms with Crippen molar-refractivity contribution in [1.29, 1.82) is 0 Å². The van der Waals surface area contributed by atoms with Crippen molar-refractivity contribution in [3.05, 3.63) is 17.5 Å². The molecule has 0 radical (unpaired) electrons. The summed E-state index contributed by atoms with van der Waals surface area (Å²) in [6.45, 7) is 3.05. The molecule has 1 aromatic heterocycles. The number of hydrogen-bond donors (Lipinski definition) is 2. The highest BCUT2D eigenvalue weighted by Crippen LogP contribution is 2.21. The quantitative estimate of drug-likeness (QED) is 0.752. The molecule has 5 heteroatoms. The van der Waals surface area contributed by atoms with Crippen molar-refractivity contribution in [2.45, 2.75) is 38.1 Å². The van der Waals surface area contributed by atoms with E-state index in [2.05, 4.69) is 10.4 Å². The third-order valence-corrected chi connectivity index (χ3v) is 3.27. The number of aromatic nitrogens is 2. The van der Waals surface area contributed by atoms with E-state index in [-0.39, 0.29) is 0 Å². The number of rotatable bonds is 2. The SMILES string of the molecule is OC1CNCc2nn(CC3CCCO3)cc21. The van der Waals surface area contributed by atoms with Gasteiger partial charge in [0.05, 0.1) is 24.4 Å². The lowest BCUT2D eigenvalue weighted by atomic mass is 10.1. The van der Waals surface area contributed by atoms with Gasteiger partial charge in [0, 0.05) is 31.5 Å². The molecule has 2 atom stereocenters. The van der Waals surface area contributed by atoms with Crippen molar-refractivity contribution in [2.75, 3.05) is 13.2 Å². The summed E-state index contributed by atoms with van der Waals surface area (Å²) in [5.41, 5.74) is 1.94. The fraction of sp³-hybridized carbons (Fsp3) is 0.727. The Labute approximate surface area is 94.4 Å². The number of hydrogen-bond acceptors (Lipinski definition) is 4. The lowest BCUT2D eigenvalue weighted by molar-refractivity contribution is 0.0938. The molecule has 0 saturated carbocycles. The molecule has 1 aromatic rings. The predicted octanol–water partition coefficient (Wildman–Crippen LogP) is 0.199. The van der Waals surface area contributed by atoms with Gasteiger partial charge in [0.1, 0.15) is 0 Å². The Morgan fingerprint density at radius 3 is 3.31 bits per heavy atom. The summed E-state index contributed by atoms with van der Waals surface area (Å²) in [5.74, 6) is 0. The monoisotopic (exact) mass is 223 g/mol. The van der Waals surface area contributed by atoms with Crippen LogP contribution in [0.1, 0.15) is 30.2 Å². The van der Waals surface area contributed by atoms with Crippen LogP contribution in [-0.2, 0) is 17.8 Å². The zero-order valence-electron chi connectivity index (χ0n) is 9.22. The molecular formula is C11H17N3O2. The van der Waals surface area contributed by atoms with Gasteiger partial charge in [0.15, 0.2) is 0 Å². The summed E-state index contributed by atoms with van der Waals surface area (Å²) in [6.07, 6.45) is 4.11. The first-order valence-corrected chi connectivity index (χ1v) is 5.89. The number of aliphatic hydroxyl groups excluding tert-OH is 1. The topological polar surface area (TPSA) is 59.3 Å². The van der Waals surface area contributed by atoms with Crippen molar-refractivity contribution in [1.82, 2.24) is 15.1 Å². The van der Waals surface area contributed by atoms with Crippen LogP contribution in [0.4, 0.5) is 0 Å². The first kappa shape index (κ1) is 10.3. The van der Waals surface area contributed by atoms with Crippen LogP contribution >= 0.6 is 0 Å². The summed E-state index contributed by atoms with van der Waals surface area (Å²) in [6, 6.07) is 0. The zero-order valence-corrected chi connectivity index (χ0v) is 9.22. The van der Waals surface area contributed by atoms with E-state index in [1.54, 1.807) is 0 Å². The molecule has 0 aromatic carbocycles. The molecule has 2 unspecified atom stereocenters. The molecule has 0 amide bonds. The van der Waals surface area contributed by atoms with Gasteiger partial charge in [-0.15, -0.1) is 0 Å². The standard InChI is InChI=1S/C11H17N3O2/c15-11-5-12-4-10-9(11)7-14(13-10)6-8-2-1-3-16-8/h7-8,11-12,15H,1-6H2. The second kappa shape index (κ2) is 4.16. The molecule has 16 heavy (non-hydrogen) atoms. The lowest BCUT2D eigenvalue weighted by Crippen LogP contribution is -2.27. The van der Waals surface area contributed by atoms with Gasteiger partial charge in [-0.05, 0) is 12.8 Å². The van der Waals surface area contributed by atoms with Gasteiger partial charge in [-0.2, -0.15) is 5.10 Å². The average Bonchev–Trinajstić information content (AvgIpc) is 2.88. The Morgan fingerprint density at radius 2 is 2.56 bits per heavy atom. The van der Waals surface area contributed by atoms with Crippen LogP contribution in [0.2, 0.25) is 0 Å². The number of nitrogens with zero attached hydrogens (tertiary/aromatic N) is 2. The van der Waals surface area contributed by atoms with Crippen LogP contribution in [0, 0.1) is 0 Å². The van der Waals surface area contributed by atoms with E-state index in [4.69, 9.17) is 4.74 Å². The van der Waals surface area contributed by atoms with Gasteiger partial charge >= 0.3 is 0 Å². The highest BCUT2D eigenvalue weighted by Gasteiger charge is 2.23. The minimum absolute atomic E-state index is 0.298. The van der Waals surface area contributed by atoms with Crippen molar-refractivity contribution < 1.29 is 9.84 Å². The Bertz CT molecular complexity index is 371. The zero-order chi connectivity index (χ0) is 11.0. The first-order chi connectivity index (χ1) is 7.83. The van der Waals surface area contributed by atoms with E-state index >= 15 is 0 Å². The van der Waals surface area contributed by atoms with Crippen LogP contribution in [-0.4, -0.2) is 34.1 Å². The largest absolute Gasteiger partial charge is 0.387 e. The minimum atomic E-state index is -0.415. The molecule has 88 valence electrons. The van der Waals surface area contributed by atoms with Gasteiger partial charge in [0.25, 0.3) is 0 Å². The number of fused-ring (bicyclic) bond motifs is 1. The molecule has 2 aliphatic heterocycles. The molecule has 2 N–H and O–H groups in total. The third kappa shape index (κ3) is 1.86. The van der Waals surface area contributed by atoms with E-state index in [0.717, 1.165) is 43.8 Å². The number of aliphatic hydroxyl groups is 1. The molecule has 1 saturated heterocycles. The average molecular weight is 223 g/mol. The number of ether oxygens (including phenoxy) is 1. The van der Waals surface area contributed by atoms with E-state index in [1.165, 1.54) is 0 Å². The number of β-amino-alcohol motifs (C(OH)–C–C–N with tert-alkyl or cyclic N) is 1. The van der Waals surface area contributed by atoms with Gasteiger partial charge in [0.2, 0.25) is 0 Å². The van der Waals surface area contributed by atoms with Crippen molar-refractivity contribution in [3.8, 4) is 0 Å². The molecule has 0 spiro atoms. The van der Waals surface area contributed by atoms with E-state index in [0.29, 0.717) is 12.6 Å². The van der Waals surface area contributed by atoms with E-state index in [9.17, 15) is 5.11 Å². The summed E-state index contributed by atoms with van der Waals surface area (Å²) >= 11 is 0. The summed E-state index contributed by atoms with van der Waals surface area (Å²) in [5, 5.41) is 17.4. The minimum Gasteiger partial charge on any atom is -0.387 e. The van der Waals surface area contributed by atoms with E-state index < -0.39 is 6.10 Å². The van der Waals surface area contributed by atoms with Crippen LogP contribution in [0.25, 0.3) is 0 Å². The van der Waals surface area contributed by atoms with E-state index in [1.807, 2.05) is 10.9 Å². The molecule has 0 bridgehead atoms. The van der Waals surface area contributed by atoms with Gasteiger partial charge in [-0.1, -0.05) is 0 Å². The Kier molecular flexibility index (Phi) is 2.67. The smallest absolute Gasteiger partial charge is 0.0948 e. The summed E-state index contributed by atoms with van der Waals surface area (Å²) in [4.78, 5) is 0. The molecule has 0 aliphatic carbocycles. The van der Waals surface area contributed by atoms with Crippen molar-refractivity contribution in [3.63, 3.8) is 0 Å². The van der Waals surface area contributed by atoms with Crippen LogP contribution in [0.5, 0.6) is 0 Å². The Morgan fingerprint density at radius 1 is 1.62 bits per heavy atom. The molecule has 3 heterocycles. The van der Waals surface area contributed by atoms with Crippen LogP contribution in [0.3, 0.4) is 0 Å². The molecular weight excluding hydrogens is 206 g/mol. The molecule has 2 aliphatic rings. The van der Waals surface area contributed by atoms with Gasteiger partial charge in [-0.3, -0.25) is 4.68 Å². The first-order valence-electron chi connectivity index (χ1n) is 5.89. The van der Waals surface area contributed by atoms with Crippen LogP contribution < -0.4 is 5.32 Å². The molecule has 1 fully saturated rings. The maximum Gasteiger partial charge on any atom is 0.0948 e. The predicted molar refractivity (Wildman–Crippen MR) is 57.9 cm³/mol. The second-order valence-electron chi connectivity index (χ2n) is 4.53. The highest BCUT2D eigenvalue weighted by atomic mass is 16.5. The van der Waals surface area contributed by atoms with Crippen molar-refractivity contribution in [2.24, 2.45) is 0 Å². The fourth-order valence-corrected chi connectivity index (χ4v) is 2.42. The second-order valence-corrected chi connectivity index (χ2v) is 4.53.